The first-order valence-electron chi connectivity index (χ1n) is 7.00. The molecule has 0 saturated heterocycles. The van der Waals surface area contributed by atoms with Gasteiger partial charge in [-0.3, -0.25) is 9.59 Å². The van der Waals surface area contributed by atoms with E-state index in [-0.39, 0.29) is 12.5 Å². The molecule has 0 fully saturated rings. The van der Waals surface area contributed by atoms with E-state index < -0.39 is 18.0 Å². The number of amides is 1. The topological polar surface area (TPSA) is 75.6 Å². The lowest BCUT2D eigenvalue weighted by atomic mass is 10.0. The van der Waals surface area contributed by atoms with Crippen LogP contribution in [0, 0.1) is 11.8 Å². The zero-order chi connectivity index (χ0) is 14.8. The molecule has 0 aliphatic heterocycles. The minimum Gasteiger partial charge on any atom is -0.481 e. The first-order valence-corrected chi connectivity index (χ1v) is 7.00. The van der Waals surface area contributed by atoms with Crippen LogP contribution in [0.1, 0.15) is 47.0 Å². The summed E-state index contributed by atoms with van der Waals surface area (Å²) >= 11 is 0. The lowest BCUT2D eigenvalue weighted by Gasteiger charge is -2.16. The molecule has 19 heavy (non-hydrogen) atoms. The second-order valence-corrected chi connectivity index (χ2v) is 5.26. The van der Waals surface area contributed by atoms with E-state index >= 15 is 0 Å². The predicted octanol–water partition coefficient (Wildman–Crippen LogP) is 2.05. The number of carboxylic acid groups (broad SMARTS) is 1. The van der Waals surface area contributed by atoms with Gasteiger partial charge in [0.15, 0.2) is 0 Å². The van der Waals surface area contributed by atoms with Gasteiger partial charge in [-0.25, -0.2) is 0 Å². The molecule has 0 heterocycles. The summed E-state index contributed by atoms with van der Waals surface area (Å²) in [7, 11) is 0. The standard InChI is InChI=1S/C14H27NO4/c1-5-6-12(14(17)18)9-15-13(16)11(4)19-8-7-10(2)3/h10-12H,5-9H2,1-4H3,(H,15,16)(H,17,18). The highest BCUT2D eigenvalue weighted by Gasteiger charge is 2.19. The van der Waals surface area contributed by atoms with Crippen LogP contribution in [0.4, 0.5) is 0 Å². The van der Waals surface area contributed by atoms with Gasteiger partial charge in [0.05, 0.1) is 5.92 Å². The highest BCUT2D eigenvalue weighted by Crippen LogP contribution is 2.06. The van der Waals surface area contributed by atoms with Crippen molar-refractivity contribution in [3.63, 3.8) is 0 Å². The molecule has 112 valence electrons. The SMILES string of the molecule is CCCC(CNC(=O)C(C)OCCC(C)C)C(=O)O. The molecule has 0 aromatic carbocycles. The second kappa shape index (κ2) is 9.78. The molecule has 5 nitrogen and oxygen atoms in total. The molecule has 0 spiro atoms. The monoisotopic (exact) mass is 273 g/mol. The van der Waals surface area contributed by atoms with Crippen LogP contribution in [0.3, 0.4) is 0 Å². The van der Waals surface area contributed by atoms with E-state index in [1.165, 1.54) is 0 Å². The van der Waals surface area contributed by atoms with Crippen molar-refractivity contribution >= 4 is 11.9 Å². The Kier molecular flexibility index (Phi) is 9.21. The molecular weight excluding hydrogens is 246 g/mol. The number of carbonyl (C=O) groups is 2. The summed E-state index contributed by atoms with van der Waals surface area (Å²) in [5, 5.41) is 11.6. The van der Waals surface area contributed by atoms with E-state index in [2.05, 4.69) is 19.2 Å². The highest BCUT2D eigenvalue weighted by molar-refractivity contribution is 5.81. The Balaban J connectivity index is 3.97. The van der Waals surface area contributed by atoms with Crippen LogP contribution in [0.2, 0.25) is 0 Å². The minimum atomic E-state index is -0.865. The van der Waals surface area contributed by atoms with Gasteiger partial charge in [-0.1, -0.05) is 27.2 Å². The van der Waals surface area contributed by atoms with E-state index in [9.17, 15) is 9.59 Å². The second-order valence-electron chi connectivity index (χ2n) is 5.26. The van der Waals surface area contributed by atoms with Crippen LogP contribution in [0.15, 0.2) is 0 Å². The summed E-state index contributed by atoms with van der Waals surface area (Å²) in [6, 6.07) is 0. The van der Waals surface area contributed by atoms with E-state index in [0.717, 1.165) is 12.8 Å². The Bertz CT molecular complexity index is 279. The van der Waals surface area contributed by atoms with E-state index in [1.807, 2.05) is 6.92 Å². The number of hydrogen-bond acceptors (Lipinski definition) is 3. The molecule has 0 aliphatic carbocycles. The summed E-state index contributed by atoms with van der Waals surface area (Å²) in [6.45, 7) is 8.51. The first-order chi connectivity index (χ1) is 8.88. The maximum Gasteiger partial charge on any atom is 0.308 e. The van der Waals surface area contributed by atoms with Gasteiger partial charge in [0.2, 0.25) is 5.91 Å². The van der Waals surface area contributed by atoms with E-state index in [1.54, 1.807) is 6.92 Å². The average Bonchev–Trinajstić information content (AvgIpc) is 2.32. The maximum absolute atomic E-state index is 11.7. The third-order valence-electron chi connectivity index (χ3n) is 2.94. The van der Waals surface area contributed by atoms with Crippen molar-refractivity contribution in [2.75, 3.05) is 13.2 Å². The molecule has 5 heteroatoms. The third-order valence-corrected chi connectivity index (χ3v) is 2.94. The largest absolute Gasteiger partial charge is 0.481 e. The van der Waals surface area contributed by atoms with Crippen molar-refractivity contribution in [1.82, 2.24) is 5.32 Å². The Morgan fingerprint density at radius 1 is 1.21 bits per heavy atom. The van der Waals surface area contributed by atoms with E-state index in [4.69, 9.17) is 9.84 Å². The van der Waals surface area contributed by atoms with Crippen molar-refractivity contribution in [1.29, 1.82) is 0 Å². The summed E-state index contributed by atoms with van der Waals surface area (Å²) in [5.74, 6) is -1.09. The van der Waals surface area contributed by atoms with Gasteiger partial charge in [0.1, 0.15) is 6.10 Å². The Hall–Kier alpha value is -1.10. The Morgan fingerprint density at radius 3 is 2.32 bits per heavy atom. The van der Waals surface area contributed by atoms with Crippen molar-refractivity contribution < 1.29 is 19.4 Å². The minimum absolute atomic E-state index is 0.167. The molecule has 1 amide bonds. The number of carbonyl (C=O) groups excluding carboxylic acids is 1. The molecule has 2 unspecified atom stereocenters. The molecular formula is C14H27NO4. The van der Waals surface area contributed by atoms with Crippen LogP contribution in [-0.2, 0) is 14.3 Å². The number of aliphatic carboxylic acids is 1. The summed E-state index contributed by atoms with van der Waals surface area (Å²) in [4.78, 5) is 22.7. The molecule has 0 saturated carbocycles. The number of nitrogens with one attached hydrogen (secondary N) is 1. The van der Waals surface area contributed by atoms with Gasteiger partial charge in [-0.15, -0.1) is 0 Å². The molecule has 0 aliphatic rings. The number of ether oxygens (including phenoxy) is 1. The summed E-state index contributed by atoms with van der Waals surface area (Å²) in [6.07, 6.45) is 1.73. The first kappa shape index (κ1) is 17.9. The van der Waals surface area contributed by atoms with Gasteiger partial charge in [-0.2, -0.15) is 0 Å². The lowest BCUT2D eigenvalue weighted by molar-refractivity contribution is -0.142. The van der Waals surface area contributed by atoms with Crippen LogP contribution in [-0.4, -0.2) is 36.2 Å². The van der Waals surface area contributed by atoms with Crippen LogP contribution >= 0.6 is 0 Å². The molecule has 0 aromatic heterocycles. The van der Waals surface area contributed by atoms with Gasteiger partial charge in [0.25, 0.3) is 0 Å². The third kappa shape index (κ3) is 8.59. The Labute approximate surface area is 115 Å². The van der Waals surface area contributed by atoms with Gasteiger partial charge in [-0.05, 0) is 25.7 Å². The van der Waals surface area contributed by atoms with Gasteiger partial charge >= 0.3 is 5.97 Å². The van der Waals surface area contributed by atoms with E-state index in [0.29, 0.717) is 18.9 Å². The zero-order valence-electron chi connectivity index (χ0n) is 12.4. The van der Waals surface area contributed by atoms with Gasteiger partial charge < -0.3 is 15.2 Å². The Morgan fingerprint density at radius 2 is 1.84 bits per heavy atom. The maximum atomic E-state index is 11.7. The van der Waals surface area contributed by atoms with Crippen molar-refractivity contribution in [2.45, 2.75) is 53.1 Å². The van der Waals surface area contributed by atoms with Gasteiger partial charge in [0, 0.05) is 13.2 Å². The predicted molar refractivity (Wildman–Crippen MR) is 73.9 cm³/mol. The fourth-order valence-electron chi connectivity index (χ4n) is 1.59. The fourth-order valence-corrected chi connectivity index (χ4v) is 1.59. The number of carboxylic acids is 1. The normalized spacial score (nSPS) is 14.2. The smallest absolute Gasteiger partial charge is 0.308 e. The quantitative estimate of drug-likeness (QED) is 0.639. The van der Waals surface area contributed by atoms with Crippen LogP contribution in [0.5, 0.6) is 0 Å². The molecule has 0 radical (unpaired) electrons. The van der Waals surface area contributed by atoms with Crippen molar-refractivity contribution in [3.05, 3.63) is 0 Å². The van der Waals surface area contributed by atoms with Crippen molar-refractivity contribution in [3.8, 4) is 0 Å². The summed E-state index contributed by atoms with van der Waals surface area (Å²) < 4.78 is 5.41. The molecule has 0 bridgehead atoms. The number of rotatable bonds is 10. The van der Waals surface area contributed by atoms with Crippen LogP contribution in [0.25, 0.3) is 0 Å². The highest BCUT2D eigenvalue weighted by atomic mass is 16.5. The number of hydrogen-bond donors (Lipinski definition) is 2. The molecule has 0 rings (SSSR count). The molecule has 2 N–H and O–H groups in total. The van der Waals surface area contributed by atoms with Crippen molar-refractivity contribution in [2.24, 2.45) is 11.8 Å². The molecule has 2 atom stereocenters. The van der Waals surface area contributed by atoms with Crippen LogP contribution < -0.4 is 5.32 Å². The summed E-state index contributed by atoms with van der Waals surface area (Å²) in [5.41, 5.74) is 0. The zero-order valence-corrected chi connectivity index (χ0v) is 12.4. The fraction of sp³-hybridized carbons (Fsp3) is 0.857. The lowest BCUT2D eigenvalue weighted by Crippen LogP contribution is -2.39. The molecule has 0 aromatic rings. The average molecular weight is 273 g/mol.